The first-order valence-corrected chi connectivity index (χ1v) is 6.49. The zero-order chi connectivity index (χ0) is 15.1. The van der Waals surface area contributed by atoms with Gasteiger partial charge in [0.25, 0.3) is 0 Å². The number of nitrogens with one attached hydrogen (secondary N) is 1. The quantitative estimate of drug-likeness (QED) is 0.767. The number of hydrogen-bond donors (Lipinski definition) is 2. The third-order valence-corrected chi connectivity index (χ3v) is 3.08. The number of rotatable bonds is 6. The lowest BCUT2D eigenvalue weighted by Gasteiger charge is -2.21. The Morgan fingerprint density at radius 3 is 2.45 bits per heavy atom. The van der Waals surface area contributed by atoms with Crippen molar-refractivity contribution in [1.82, 2.24) is 5.32 Å². The van der Waals surface area contributed by atoms with E-state index < -0.39 is 12.1 Å². The Labute approximate surface area is 119 Å². The fourth-order valence-corrected chi connectivity index (χ4v) is 1.85. The minimum absolute atomic E-state index is 0.0654. The highest BCUT2D eigenvalue weighted by molar-refractivity contribution is 5.75. The molecule has 0 spiro atoms. The van der Waals surface area contributed by atoms with Gasteiger partial charge in [-0.15, -0.1) is 0 Å². The molecule has 0 radical (unpaired) electrons. The minimum Gasteiger partial charge on any atom is -0.468 e. The van der Waals surface area contributed by atoms with Crippen molar-refractivity contribution in [3.63, 3.8) is 0 Å². The number of carbonyl (C=O) groups is 1. The highest BCUT2D eigenvalue weighted by atomic mass is 16.5. The van der Waals surface area contributed by atoms with Crippen molar-refractivity contribution in [3.05, 3.63) is 35.4 Å². The van der Waals surface area contributed by atoms with Crippen LogP contribution in [0.25, 0.3) is 0 Å². The van der Waals surface area contributed by atoms with Gasteiger partial charge in [-0.05, 0) is 23.6 Å². The number of ether oxygens (including phenoxy) is 1. The number of benzene rings is 1. The van der Waals surface area contributed by atoms with Crippen LogP contribution in [0.4, 0.5) is 0 Å². The molecule has 0 saturated carbocycles. The van der Waals surface area contributed by atoms with Crippen LogP contribution in [0.3, 0.4) is 0 Å². The number of aliphatic hydroxyl groups excluding tert-OH is 1. The fourth-order valence-electron chi connectivity index (χ4n) is 1.85. The molecule has 20 heavy (non-hydrogen) atoms. The van der Waals surface area contributed by atoms with Crippen LogP contribution >= 0.6 is 0 Å². The first-order valence-electron chi connectivity index (χ1n) is 6.49. The van der Waals surface area contributed by atoms with Crippen molar-refractivity contribution in [1.29, 1.82) is 5.26 Å². The van der Waals surface area contributed by atoms with Gasteiger partial charge >= 0.3 is 5.97 Å². The number of nitriles is 1. The lowest BCUT2D eigenvalue weighted by atomic mass is 10.0. The second-order valence-corrected chi connectivity index (χ2v) is 4.90. The van der Waals surface area contributed by atoms with E-state index >= 15 is 0 Å². The van der Waals surface area contributed by atoms with Gasteiger partial charge in [0, 0.05) is 6.54 Å². The summed E-state index contributed by atoms with van der Waals surface area (Å²) in [4.78, 5) is 11.6. The molecule has 0 heterocycles. The van der Waals surface area contributed by atoms with E-state index in [1.54, 1.807) is 24.3 Å². The number of aliphatic hydroxyl groups is 1. The fraction of sp³-hybridized carbons (Fsp3) is 0.467. The number of carbonyl (C=O) groups excluding carboxylic acids is 1. The SMILES string of the molecule is COC(=O)C(NCC(O)c1ccc(C#N)cc1)C(C)C. The molecule has 0 aliphatic heterocycles. The summed E-state index contributed by atoms with van der Waals surface area (Å²) >= 11 is 0. The highest BCUT2D eigenvalue weighted by Gasteiger charge is 2.23. The first-order chi connectivity index (χ1) is 9.49. The van der Waals surface area contributed by atoms with Crippen molar-refractivity contribution in [2.75, 3.05) is 13.7 Å². The van der Waals surface area contributed by atoms with Crippen LogP contribution in [-0.4, -0.2) is 30.8 Å². The zero-order valence-electron chi connectivity index (χ0n) is 12.0. The van der Waals surface area contributed by atoms with Crippen molar-refractivity contribution in [2.45, 2.75) is 26.0 Å². The number of nitrogens with zero attached hydrogens (tertiary/aromatic N) is 1. The van der Waals surface area contributed by atoms with Crippen LogP contribution in [0.15, 0.2) is 24.3 Å². The summed E-state index contributed by atoms with van der Waals surface area (Å²) in [5.41, 5.74) is 1.24. The van der Waals surface area contributed by atoms with Gasteiger partial charge in [0.15, 0.2) is 0 Å². The largest absolute Gasteiger partial charge is 0.468 e. The van der Waals surface area contributed by atoms with Gasteiger partial charge in [0.1, 0.15) is 6.04 Å². The zero-order valence-corrected chi connectivity index (χ0v) is 12.0. The Morgan fingerprint density at radius 2 is 2.00 bits per heavy atom. The summed E-state index contributed by atoms with van der Waals surface area (Å²) in [7, 11) is 1.34. The molecule has 5 heteroatoms. The molecular formula is C15H20N2O3. The third kappa shape index (κ3) is 4.34. The maximum absolute atomic E-state index is 11.6. The number of esters is 1. The third-order valence-electron chi connectivity index (χ3n) is 3.08. The predicted molar refractivity (Wildman–Crippen MR) is 74.8 cm³/mol. The van der Waals surface area contributed by atoms with Crippen molar-refractivity contribution < 1.29 is 14.6 Å². The van der Waals surface area contributed by atoms with E-state index in [4.69, 9.17) is 10.00 Å². The average Bonchev–Trinajstić information content (AvgIpc) is 2.46. The molecule has 2 unspecified atom stereocenters. The average molecular weight is 276 g/mol. The molecule has 1 aromatic rings. The molecule has 0 amide bonds. The first kappa shape index (κ1) is 16.2. The Hall–Kier alpha value is -1.90. The Balaban J connectivity index is 2.63. The Bertz CT molecular complexity index is 477. The van der Waals surface area contributed by atoms with Gasteiger partial charge in [-0.1, -0.05) is 26.0 Å². The van der Waals surface area contributed by atoms with Crippen LogP contribution in [0, 0.1) is 17.2 Å². The summed E-state index contributed by atoms with van der Waals surface area (Å²) in [6, 6.07) is 8.28. The van der Waals surface area contributed by atoms with E-state index in [1.807, 2.05) is 19.9 Å². The number of methoxy groups -OCH3 is 1. The summed E-state index contributed by atoms with van der Waals surface area (Å²) in [6.45, 7) is 4.05. The van der Waals surface area contributed by atoms with Crippen molar-refractivity contribution in [3.8, 4) is 6.07 Å². The Morgan fingerprint density at radius 1 is 1.40 bits per heavy atom. The maximum Gasteiger partial charge on any atom is 0.323 e. The molecule has 0 saturated heterocycles. The molecule has 0 aliphatic rings. The molecule has 0 fully saturated rings. The van der Waals surface area contributed by atoms with E-state index in [2.05, 4.69) is 5.32 Å². The predicted octanol–water partition coefficient (Wildman–Crippen LogP) is 1.38. The summed E-state index contributed by atoms with van der Waals surface area (Å²) < 4.78 is 4.72. The molecule has 108 valence electrons. The van der Waals surface area contributed by atoms with Gasteiger partial charge in [-0.2, -0.15) is 5.26 Å². The summed E-state index contributed by atoms with van der Waals surface area (Å²) in [5, 5.41) is 21.8. The van der Waals surface area contributed by atoms with Crippen LogP contribution in [-0.2, 0) is 9.53 Å². The molecule has 1 aromatic carbocycles. The van der Waals surface area contributed by atoms with Gasteiger partial charge in [-0.3, -0.25) is 4.79 Å². The maximum atomic E-state index is 11.6. The minimum atomic E-state index is -0.742. The molecular weight excluding hydrogens is 256 g/mol. The molecule has 0 aromatic heterocycles. The summed E-state index contributed by atoms with van der Waals surface area (Å²) in [6.07, 6.45) is -0.742. The highest BCUT2D eigenvalue weighted by Crippen LogP contribution is 2.14. The van der Waals surface area contributed by atoms with E-state index in [0.717, 1.165) is 0 Å². The van der Waals surface area contributed by atoms with Crippen molar-refractivity contribution >= 4 is 5.97 Å². The van der Waals surface area contributed by atoms with Gasteiger partial charge in [0.05, 0.1) is 24.8 Å². The lowest BCUT2D eigenvalue weighted by Crippen LogP contribution is -2.43. The normalized spacial score (nSPS) is 13.6. The van der Waals surface area contributed by atoms with E-state index in [9.17, 15) is 9.90 Å². The van der Waals surface area contributed by atoms with Crippen LogP contribution in [0.1, 0.15) is 31.1 Å². The van der Waals surface area contributed by atoms with Gasteiger partial charge in [-0.25, -0.2) is 0 Å². The standard InChI is InChI=1S/C15H20N2O3/c1-10(2)14(15(19)20-3)17-9-13(18)12-6-4-11(8-16)5-7-12/h4-7,10,13-14,17-18H,9H2,1-3H3. The van der Waals surface area contributed by atoms with Gasteiger partial charge < -0.3 is 15.2 Å². The van der Waals surface area contributed by atoms with Crippen LogP contribution in [0.2, 0.25) is 0 Å². The topological polar surface area (TPSA) is 82.3 Å². The molecule has 1 rings (SSSR count). The molecule has 2 atom stereocenters. The van der Waals surface area contributed by atoms with Crippen LogP contribution < -0.4 is 5.32 Å². The van der Waals surface area contributed by atoms with Gasteiger partial charge in [0.2, 0.25) is 0 Å². The molecule has 2 N–H and O–H groups in total. The second-order valence-electron chi connectivity index (χ2n) is 4.90. The van der Waals surface area contributed by atoms with E-state index in [0.29, 0.717) is 11.1 Å². The second kappa shape index (κ2) is 7.63. The number of hydrogen-bond acceptors (Lipinski definition) is 5. The molecule has 0 aliphatic carbocycles. The van der Waals surface area contributed by atoms with Crippen molar-refractivity contribution in [2.24, 2.45) is 5.92 Å². The molecule has 5 nitrogen and oxygen atoms in total. The smallest absolute Gasteiger partial charge is 0.323 e. The summed E-state index contributed by atoms with van der Waals surface area (Å²) in [5.74, 6) is -0.275. The van der Waals surface area contributed by atoms with Crippen LogP contribution in [0.5, 0.6) is 0 Å². The van der Waals surface area contributed by atoms with E-state index in [1.165, 1.54) is 7.11 Å². The lowest BCUT2D eigenvalue weighted by molar-refractivity contribution is -0.144. The molecule has 0 bridgehead atoms. The monoisotopic (exact) mass is 276 g/mol. The van der Waals surface area contributed by atoms with E-state index in [-0.39, 0.29) is 18.4 Å². The Kier molecular flexibility index (Phi) is 6.16.